The first-order valence-electron chi connectivity index (χ1n) is 3.39. The number of benzene rings is 1. The SMILES string of the molecule is C[S+]([O-])N(C=O)c1ccccc1. The summed E-state index contributed by atoms with van der Waals surface area (Å²) in [5.41, 5.74) is 0.647. The highest BCUT2D eigenvalue weighted by Gasteiger charge is 2.12. The van der Waals surface area contributed by atoms with E-state index in [1.807, 2.05) is 6.07 Å². The fourth-order valence-electron chi connectivity index (χ4n) is 0.845. The maximum absolute atomic E-state index is 11.0. The molecule has 1 rings (SSSR count). The van der Waals surface area contributed by atoms with Crippen LogP contribution in [0.15, 0.2) is 30.3 Å². The molecule has 12 heavy (non-hydrogen) atoms. The van der Waals surface area contributed by atoms with Gasteiger partial charge >= 0.3 is 0 Å². The second-order valence-corrected chi connectivity index (χ2v) is 3.43. The lowest BCUT2D eigenvalue weighted by atomic mass is 10.3. The van der Waals surface area contributed by atoms with Crippen molar-refractivity contribution >= 4 is 23.5 Å². The van der Waals surface area contributed by atoms with Crippen LogP contribution in [0.4, 0.5) is 5.69 Å². The quantitative estimate of drug-likeness (QED) is 0.517. The average molecular weight is 183 g/mol. The Hall–Kier alpha value is -1.00. The Morgan fingerprint density at radius 1 is 1.42 bits per heavy atom. The van der Waals surface area contributed by atoms with Gasteiger partial charge in [-0.25, -0.2) is 0 Å². The Morgan fingerprint density at radius 2 is 2.00 bits per heavy atom. The number of carbonyl (C=O) groups excluding carboxylic acids is 1. The summed E-state index contributed by atoms with van der Waals surface area (Å²) < 4.78 is 12.1. The zero-order valence-corrected chi connectivity index (χ0v) is 7.45. The number of rotatable bonds is 3. The molecule has 1 aromatic rings. The lowest BCUT2D eigenvalue weighted by Gasteiger charge is -2.16. The van der Waals surface area contributed by atoms with Crippen molar-refractivity contribution in [3.8, 4) is 0 Å². The van der Waals surface area contributed by atoms with Crippen molar-refractivity contribution in [2.75, 3.05) is 10.6 Å². The summed E-state index contributed by atoms with van der Waals surface area (Å²) in [5, 5.41) is 0. The minimum absolute atomic E-state index is 0.561. The summed E-state index contributed by atoms with van der Waals surface area (Å²) in [6.07, 6.45) is 2.02. The van der Waals surface area contributed by atoms with Gasteiger partial charge in [0.1, 0.15) is 6.26 Å². The Morgan fingerprint density at radius 3 is 2.42 bits per heavy atom. The molecule has 0 spiro atoms. The van der Waals surface area contributed by atoms with E-state index in [-0.39, 0.29) is 0 Å². The summed E-state index contributed by atoms with van der Waals surface area (Å²) in [6.45, 7) is 0. The largest absolute Gasteiger partial charge is 0.593 e. The Balaban J connectivity index is 2.88. The predicted molar refractivity (Wildman–Crippen MR) is 49.1 cm³/mol. The highest BCUT2D eigenvalue weighted by molar-refractivity contribution is 7.92. The lowest BCUT2D eigenvalue weighted by Crippen LogP contribution is -2.27. The smallest absolute Gasteiger partial charge is 0.257 e. The maximum Gasteiger partial charge on any atom is 0.257 e. The Bertz CT molecular complexity index is 250. The minimum Gasteiger partial charge on any atom is -0.593 e. The highest BCUT2D eigenvalue weighted by atomic mass is 32.2. The molecule has 0 aromatic heterocycles. The molecular weight excluding hydrogens is 174 g/mol. The van der Waals surface area contributed by atoms with Crippen molar-refractivity contribution in [2.24, 2.45) is 0 Å². The Kier molecular flexibility index (Phi) is 3.13. The van der Waals surface area contributed by atoms with Crippen LogP contribution < -0.4 is 4.31 Å². The van der Waals surface area contributed by atoms with E-state index in [9.17, 15) is 9.35 Å². The molecule has 0 saturated carbocycles. The molecule has 0 aliphatic carbocycles. The van der Waals surface area contributed by atoms with Crippen LogP contribution in [0.25, 0.3) is 0 Å². The summed E-state index contributed by atoms with van der Waals surface area (Å²) in [6, 6.07) is 8.88. The van der Waals surface area contributed by atoms with Gasteiger partial charge in [-0.2, -0.15) is 0 Å². The Labute approximate surface area is 74.3 Å². The lowest BCUT2D eigenvalue weighted by molar-refractivity contribution is -0.106. The molecule has 4 heteroatoms. The van der Waals surface area contributed by atoms with E-state index in [1.54, 1.807) is 24.3 Å². The summed E-state index contributed by atoms with van der Waals surface area (Å²) in [4.78, 5) is 10.5. The van der Waals surface area contributed by atoms with Crippen molar-refractivity contribution in [1.82, 2.24) is 0 Å². The second kappa shape index (κ2) is 4.13. The molecule has 0 fully saturated rings. The van der Waals surface area contributed by atoms with Crippen molar-refractivity contribution in [3.63, 3.8) is 0 Å². The van der Waals surface area contributed by atoms with Gasteiger partial charge < -0.3 is 4.55 Å². The number of amides is 1. The molecular formula is C8H9NO2S. The van der Waals surface area contributed by atoms with Crippen LogP contribution in [0.5, 0.6) is 0 Å². The van der Waals surface area contributed by atoms with Crippen LogP contribution in [-0.4, -0.2) is 17.2 Å². The van der Waals surface area contributed by atoms with Gasteiger partial charge in [0.05, 0.1) is 17.0 Å². The minimum atomic E-state index is -1.29. The van der Waals surface area contributed by atoms with Gasteiger partial charge in [-0.15, -0.1) is 4.31 Å². The van der Waals surface area contributed by atoms with E-state index in [2.05, 4.69) is 0 Å². The number of carbonyl (C=O) groups is 1. The molecule has 3 nitrogen and oxygen atoms in total. The van der Waals surface area contributed by atoms with E-state index < -0.39 is 11.4 Å². The van der Waals surface area contributed by atoms with Gasteiger partial charge in [-0.1, -0.05) is 18.2 Å². The zero-order valence-electron chi connectivity index (χ0n) is 6.64. The number of para-hydroxylation sites is 1. The van der Waals surface area contributed by atoms with Gasteiger partial charge in [0.15, 0.2) is 0 Å². The van der Waals surface area contributed by atoms with Crippen LogP contribution >= 0.6 is 0 Å². The number of hydrogen-bond acceptors (Lipinski definition) is 2. The van der Waals surface area contributed by atoms with Gasteiger partial charge in [0.2, 0.25) is 0 Å². The summed E-state index contributed by atoms with van der Waals surface area (Å²) >= 11 is -1.29. The maximum atomic E-state index is 11.0. The fraction of sp³-hybridized carbons (Fsp3) is 0.125. The van der Waals surface area contributed by atoms with Crippen LogP contribution in [-0.2, 0) is 16.2 Å². The third-order valence-electron chi connectivity index (χ3n) is 1.38. The van der Waals surface area contributed by atoms with E-state index in [0.29, 0.717) is 12.1 Å². The molecule has 1 aromatic carbocycles. The van der Waals surface area contributed by atoms with Crippen molar-refractivity contribution < 1.29 is 9.35 Å². The molecule has 0 radical (unpaired) electrons. The van der Waals surface area contributed by atoms with Crippen LogP contribution in [0.2, 0.25) is 0 Å². The molecule has 0 saturated heterocycles. The van der Waals surface area contributed by atoms with Crippen molar-refractivity contribution in [1.29, 1.82) is 0 Å². The molecule has 1 unspecified atom stereocenters. The predicted octanol–water partition coefficient (Wildman–Crippen LogP) is 0.943. The summed E-state index contributed by atoms with van der Waals surface area (Å²) in [5.74, 6) is 0. The topological polar surface area (TPSA) is 43.4 Å². The number of nitrogens with zero attached hydrogens (tertiary/aromatic N) is 1. The van der Waals surface area contributed by atoms with Gasteiger partial charge in [-0.05, 0) is 12.1 Å². The van der Waals surface area contributed by atoms with Crippen molar-refractivity contribution in [2.45, 2.75) is 0 Å². The molecule has 0 N–H and O–H groups in total. The third-order valence-corrected chi connectivity index (χ3v) is 2.23. The molecule has 0 heterocycles. The number of anilines is 1. The first-order chi connectivity index (χ1) is 5.75. The zero-order chi connectivity index (χ0) is 8.97. The fourth-order valence-corrected chi connectivity index (χ4v) is 1.38. The van der Waals surface area contributed by atoms with Gasteiger partial charge in [0, 0.05) is 0 Å². The molecule has 0 bridgehead atoms. The highest BCUT2D eigenvalue weighted by Crippen LogP contribution is 2.13. The van der Waals surface area contributed by atoms with E-state index in [0.717, 1.165) is 0 Å². The second-order valence-electron chi connectivity index (χ2n) is 2.19. The van der Waals surface area contributed by atoms with E-state index >= 15 is 0 Å². The van der Waals surface area contributed by atoms with Crippen LogP contribution in [0.1, 0.15) is 0 Å². The molecule has 64 valence electrons. The standard InChI is InChI=1S/C8H9NO2S/c1-12(11)9(7-10)8-5-3-2-4-6-8/h2-7H,1H3. The normalized spacial score (nSPS) is 12.2. The van der Waals surface area contributed by atoms with Gasteiger partial charge in [0.25, 0.3) is 6.41 Å². The van der Waals surface area contributed by atoms with E-state index in [1.165, 1.54) is 10.6 Å². The molecule has 0 aliphatic heterocycles. The monoisotopic (exact) mass is 183 g/mol. The third kappa shape index (κ3) is 1.99. The molecule has 1 atom stereocenters. The molecule has 0 aliphatic rings. The van der Waals surface area contributed by atoms with Crippen LogP contribution in [0.3, 0.4) is 0 Å². The number of hydrogen-bond donors (Lipinski definition) is 0. The molecule has 1 amide bonds. The van der Waals surface area contributed by atoms with E-state index in [4.69, 9.17) is 0 Å². The van der Waals surface area contributed by atoms with Gasteiger partial charge in [-0.3, -0.25) is 4.79 Å². The first kappa shape index (κ1) is 9.09. The average Bonchev–Trinajstić information content (AvgIpc) is 2.07. The van der Waals surface area contributed by atoms with Crippen LogP contribution in [0, 0.1) is 0 Å². The first-order valence-corrected chi connectivity index (χ1v) is 4.90. The van der Waals surface area contributed by atoms with Crippen molar-refractivity contribution in [3.05, 3.63) is 30.3 Å². The summed E-state index contributed by atoms with van der Waals surface area (Å²) in [7, 11) is 0.